The number of halogens is 2. The highest BCUT2D eigenvalue weighted by molar-refractivity contribution is 9.10. The third kappa shape index (κ3) is 3.61. The number of benzene rings is 2. The summed E-state index contributed by atoms with van der Waals surface area (Å²) >= 11 is 3.32. The highest BCUT2D eigenvalue weighted by Crippen LogP contribution is 2.28. The molecule has 0 aliphatic heterocycles. The summed E-state index contributed by atoms with van der Waals surface area (Å²) in [6.07, 6.45) is 0.0643. The maximum atomic E-state index is 14.2. The second-order valence-corrected chi connectivity index (χ2v) is 5.50. The zero-order chi connectivity index (χ0) is 15.4. The van der Waals surface area contributed by atoms with Crippen molar-refractivity contribution in [1.29, 1.82) is 0 Å². The summed E-state index contributed by atoms with van der Waals surface area (Å²) in [5.41, 5.74) is 0.945. The average molecular weight is 353 g/mol. The van der Waals surface area contributed by atoms with Gasteiger partial charge in [-0.15, -0.1) is 0 Å². The lowest BCUT2D eigenvalue weighted by Crippen LogP contribution is -2.15. The highest BCUT2D eigenvalue weighted by Gasteiger charge is 2.23. The molecule has 0 heterocycles. The van der Waals surface area contributed by atoms with Crippen molar-refractivity contribution in [2.45, 2.75) is 12.3 Å². The van der Waals surface area contributed by atoms with Gasteiger partial charge in [0.2, 0.25) is 0 Å². The zero-order valence-electron chi connectivity index (χ0n) is 11.3. The third-order valence-corrected chi connectivity index (χ3v) is 3.73. The fraction of sp³-hybridized carbons (Fsp3) is 0.188. The molecule has 3 nitrogen and oxygen atoms in total. The maximum Gasteiger partial charge on any atom is 0.311 e. The summed E-state index contributed by atoms with van der Waals surface area (Å²) in [6, 6.07) is 11.8. The molecular weight excluding hydrogens is 339 g/mol. The van der Waals surface area contributed by atoms with Gasteiger partial charge in [-0.2, -0.15) is 0 Å². The first-order chi connectivity index (χ1) is 10.0. The number of carboxylic acids is 1. The van der Waals surface area contributed by atoms with Crippen molar-refractivity contribution in [2.75, 3.05) is 7.11 Å². The van der Waals surface area contributed by atoms with Crippen molar-refractivity contribution < 1.29 is 19.0 Å². The van der Waals surface area contributed by atoms with Crippen LogP contribution in [0.1, 0.15) is 17.0 Å². The summed E-state index contributed by atoms with van der Waals surface area (Å²) in [5.74, 6) is -2.20. The van der Waals surface area contributed by atoms with Crippen molar-refractivity contribution >= 4 is 21.9 Å². The minimum Gasteiger partial charge on any atom is -0.494 e. The average Bonchev–Trinajstić information content (AvgIpc) is 2.45. The fourth-order valence-corrected chi connectivity index (χ4v) is 2.58. The predicted octanol–water partition coefficient (Wildman–Crippen LogP) is 4.01. The van der Waals surface area contributed by atoms with Crippen LogP contribution in [-0.4, -0.2) is 18.2 Å². The van der Waals surface area contributed by atoms with Crippen LogP contribution < -0.4 is 4.74 Å². The van der Waals surface area contributed by atoms with E-state index in [1.165, 1.54) is 13.2 Å². The number of hydrogen-bond acceptors (Lipinski definition) is 2. The molecule has 0 fully saturated rings. The van der Waals surface area contributed by atoms with Crippen LogP contribution in [0.4, 0.5) is 4.39 Å². The smallest absolute Gasteiger partial charge is 0.311 e. The first-order valence-corrected chi connectivity index (χ1v) is 7.12. The van der Waals surface area contributed by atoms with Gasteiger partial charge >= 0.3 is 5.97 Å². The van der Waals surface area contributed by atoms with E-state index in [2.05, 4.69) is 15.9 Å². The first-order valence-electron chi connectivity index (χ1n) is 6.32. The van der Waals surface area contributed by atoms with Crippen LogP contribution in [0.15, 0.2) is 46.9 Å². The monoisotopic (exact) mass is 352 g/mol. The van der Waals surface area contributed by atoms with Gasteiger partial charge in [0.25, 0.3) is 0 Å². The summed E-state index contributed by atoms with van der Waals surface area (Å²) in [4.78, 5) is 11.5. The van der Waals surface area contributed by atoms with Crippen molar-refractivity contribution in [1.82, 2.24) is 0 Å². The zero-order valence-corrected chi connectivity index (χ0v) is 12.9. The molecule has 110 valence electrons. The van der Waals surface area contributed by atoms with Gasteiger partial charge in [0, 0.05) is 4.47 Å². The maximum absolute atomic E-state index is 14.2. The van der Waals surface area contributed by atoms with E-state index in [-0.39, 0.29) is 12.2 Å². The standard InChI is InChI=1S/C16H14BrFO3/c1-21-14-7-3-5-11(15(14)18)9-13(16(19)20)10-4-2-6-12(17)8-10/h2-8,13H,9H2,1H3,(H,19,20). The fourth-order valence-electron chi connectivity index (χ4n) is 2.16. The van der Waals surface area contributed by atoms with Gasteiger partial charge in [-0.05, 0) is 35.7 Å². The Labute approximate surface area is 130 Å². The second kappa shape index (κ2) is 6.72. The molecule has 0 amide bonds. The summed E-state index contributed by atoms with van der Waals surface area (Å²) < 4.78 is 19.9. The van der Waals surface area contributed by atoms with E-state index in [1.807, 2.05) is 6.07 Å². The van der Waals surface area contributed by atoms with Gasteiger partial charge in [0.1, 0.15) is 0 Å². The van der Waals surface area contributed by atoms with Crippen LogP contribution in [0.3, 0.4) is 0 Å². The van der Waals surface area contributed by atoms with Crippen LogP contribution in [0, 0.1) is 5.82 Å². The van der Waals surface area contributed by atoms with Gasteiger partial charge < -0.3 is 9.84 Å². The first kappa shape index (κ1) is 15.5. The Balaban J connectivity index is 2.36. The molecule has 2 rings (SSSR count). The molecule has 5 heteroatoms. The normalized spacial score (nSPS) is 12.0. The Bertz CT molecular complexity index is 658. The topological polar surface area (TPSA) is 46.5 Å². The molecule has 1 unspecified atom stereocenters. The van der Waals surface area contributed by atoms with Gasteiger partial charge in [-0.3, -0.25) is 4.79 Å². The highest BCUT2D eigenvalue weighted by atomic mass is 79.9. The lowest BCUT2D eigenvalue weighted by molar-refractivity contribution is -0.138. The molecule has 0 bridgehead atoms. The summed E-state index contributed by atoms with van der Waals surface area (Å²) in [5, 5.41) is 9.43. The van der Waals surface area contributed by atoms with Crippen molar-refractivity contribution in [3.63, 3.8) is 0 Å². The minimum atomic E-state index is -0.990. The molecule has 21 heavy (non-hydrogen) atoms. The molecule has 2 aromatic rings. The van der Waals surface area contributed by atoms with Gasteiger partial charge in [-0.1, -0.05) is 40.2 Å². The van der Waals surface area contributed by atoms with E-state index in [0.717, 1.165) is 4.47 Å². The minimum absolute atomic E-state index is 0.0643. The Morgan fingerprint density at radius 1 is 1.33 bits per heavy atom. The number of ether oxygens (including phenoxy) is 1. The molecule has 0 aliphatic carbocycles. The molecule has 0 saturated heterocycles. The van der Waals surface area contributed by atoms with E-state index in [0.29, 0.717) is 11.1 Å². The van der Waals surface area contributed by atoms with E-state index >= 15 is 0 Å². The SMILES string of the molecule is COc1cccc(CC(C(=O)O)c2cccc(Br)c2)c1F. The van der Waals surface area contributed by atoms with Crippen LogP contribution in [-0.2, 0) is 11.2 Å². The van der Waals surface area contributed by atoms with E-state index < -0.39 is 17.7 Å². The Morgan fingerprint density at radius 3 is 2.67 bits per heavy atom. The van der Waals surface area contributed by atoms with Crippen LogP contribution in [0.25, 0.3) is 0 Å². The molecule has 1 N–H and O–H groups in total. The molecule has 0 spiro atoms. The Morgan fingerprint density at radius 2 is 2.05 bits per heavy atom. The quantitative estimate of drug-likeness (QED) is 0.884. The number of rotatable bonds is 5. The molecule has 1 atom stereocenters. The van der Waals surface area contributed by atoms with E-state index in [1.54, 1.807) is 30.3 Å². The molecule has 2 aromatic carbocycles. The molecule has 0 aliphatic rings. The number of carboxylic acid groups (broad SMARTS) is 1. The number of hydrogen-bond donors (Lipinski definition) is 1. The van der Waals surface area contributed by atoms with Crippen LogP contribution in [0.5, 0.6) is 5.75 Å². The van der Waals surface area contributed by atoms with Crippen LogP contribution >= 0.6 is 15.9 Å². The molecular formula is C16H14BrFO3. The predicted molar refractivity (Wildman–Crippen MR) is 81.2 cm³/mol. The molecule has 0 saturated carbocycles. The van der Waals surface area contributed by atoms with Gasteiger partial charge in [0.15, 0.2) is 11.6 Å². The number of methoxy groups -OCH3 is 1. The number of aliphatic carboxylic acids is 1. The lowest BCUT2D eigenvalue weighted by Gasteiger charge is -2.14. The number of carbonyl (C=O) groups is 1. The summed E-state index contributed by atoms with van der Waals surface area (Å²) in [7, 11) is 1.38. The lowest BCUT2D eigenvalue weighted by atomic mass is 9.92. The Hall–Kier alpha value is -1.88. The van der Waals surface area contributed by atoms with Crippen LogP contribution in [0.2, 0.25) is 0 Å². The van der Waals surface area contributed by atoms with Crippen molar-refractivity contribution in [3.8, 4) is 5.75 Å². The molecule has 0 aromatic heterocycles. The Kier molecular flexibility index (Phi) is 4.96. The van der Waals surface area contributed by atoms with Gasteiger partial charge in [-0.25, -0.2) is 4.39 Å². The summed E-state index contributed by atoms with van der Waals surface area (Å²) in [6.45, 7) is 0. The second-order valence-electron chi connectivity index (χ2n) is 4.58. The van der Waals surface area contributed by atoms with Gasteiger partial charge in [0.05, 0.1) is 13.0 Å². The van der Waals surface area contributed by atoms with Crippen molar-refractivity contribution in [3.05, 3.63) is 63.9 Å². The third-order valence-electron chi connectivity index (χ3n) is 3.24. The van der Waals surface area contributed by atoms with E-state index in [9.17, 15) is 14.3 Å². The van der Waals surface area contributed by atoms with E-state index in [4.69, 9.17) is 4.74 Å². The largest absolute Gasteiger partial charge is 0.494 e. The molecule has 0 radical (unpaired) electrons. The van der Waals surface area contributed by atoms with Crippen molar-refractivity contribution in [2.24, 2.45) is 0 Å².